The molecule has 0 spiro atoms. The molecule has 0 aromatic heterocycles. The number of benzene rings is 1. The van der Waals surface area contributed by atoms with Gasteiger partial charge in [0.2, 0.25) is 0 Å². The molecule has 90 valence electrons. The van der Waals surface area contributed by atoms with Gasteiger partial charge in [0.05, 0.1) is 21.7 Å². The highest BCUT2D eigenvalue weighted by Crippen LogP contribution is 2.36. The molecule has 1 aromatic rings. The van der Waals surface area contributed by atoms with Crippen molar-refractivity contribution < 1.29 is 9.84 Å². The van der Waals surface area contributed by atoms with E-state index >= 15 is 0 Å². The van der Waals surface area contributed by atoms with E-state index in [0.717, 1.165) is 33.1 Å². The van der Waals surface area contributed by atoms with Crippen molar-refractivity contribution in [1.82, 2.24) is 0 Å². The Labute approximate surface area is 113 Å². The number of ether oxygens (including phenoxy) is 1. The minimum absolute atomic E-state index is 0.0302. The predicted octanol–water partition coefficient (Wildman–Crippen LogP) is 4.27. The highest BCUT2D eigenvalue weighted by molar-refractivity contribution is 9.11. The van der Waals surface area contributed by atoms with Crippen LogP contribution >= 0.6 is 31.9 Å². The molecular formula is C12H16Br2O2. The number of rotatable bonds is 5. The smallest absolute Gasteiger partial charge is 0.148 e. The Morgan fingerprint density at radius 3 is 2.06 bits per heavy atom. The number of hydrogen-bond acceptors (Lipinski definition) is 2. The van der Waals surface area contributed by atoms with Gasteiger partial charge >= 0.3 is 0 Å². The van der Waals surface area contributed by atoms with Crippen LogP contribution in [0.25, 0.3) is 0 Å². The minimum Gasteiger partial charge on any atom is -0.488 e. The lowest BCUT2D eigenvalue weighted by Gasteiger charge is -2.18. The van der Waals surface area contributed by atoms with Crippen molar-refractivity contribution >= 4 is 31.9 Å². The van der Waals surface area contributed by atoms with Crippen LogP contribution in [0.15, 0.2) is 21.1 Å². The lowest BCUT2D eigenvalue weighted by molar-refractivity contribution is 0.190. The number of halogens is 2. The molecule has 1 N–H and O–H groups in total. The molecule has 0 saturated carbocycles. The monoisotopic (exact) mass is 350 g/mol. The number of hydrogen-bond donors (Lipinski definition) is 1. The summed E-state index contributed by atoms with van der Waals surface area (Å²) in [5.74, 6) is 0.811. The van der Waals surface area contributed by atoms with Crippen molar-refractivity contribution in [2.24, 2.45) is 0 Å². The van der Waals surface area contributed by atoms with E-state index < -0.39 is 0 Å². The van der Waals surface area contributed by atoms with Gasteiger partial charge in [0.1, 0.15) is 5.75 Å². The molecule has 1 aromatic carbocycles. The van der Waals surface area contributed by atoms with Gasteiger partial charge in [-0.15, -0.1) is 0 Å². The zero-order chi connectivity index (χ0) is 12.1. The van der Waals surface area contributed by atoms with Gasteiger partial charge < -0.3 is 9.84 Å². The average molecular weight is 352 g/mol. The van der Waals surface area contributed by atoms with Crippen molar-refractivity contribution in [2.75, 3.05) is 0 Å². The molecule has 0 saturated heterocycles. The van der Waals surface area contributed by atoms with E-state index in [9.17, 15) is 0 Å². The first-order chi connectivity index (χ1) is 7.62. The molecule has 0 amide bonds. The molecule has 16 heavy (non-hydrogen) atoms. The molecular weight excluding hydrogens is 336 g/mol. The maximum atomic E-state index is 9.07. The molecule has 0 aliphatic heterocycles. The summed E-state index contributed by atoms with van der Waals surface area (Å²) in [6.07, 6.45) is 2.20. The van der Waals surface area contributed by atoms with Crippen LogP contribution in [0.5, 0.6) is 5.75 Å². The highest BCUT2D eigenvalue weighted by Gasteiger charge is 2.12. The average Bonchev–Trinajstić information content (AvgIpc) is 2.28. The third-order valence-electron chi connectivity index (χ3n) is 2.44. The first-order valence-corrected chi connectivity index (χ1v) is 6.96. The summed E-state index contributed by atoms with van der Waals surface area (Å²) < 4.78 is 7.64. The summed E-state index contributed by atoms with van der Waals surface area (Å²) in [6, 6.07) is 3.75. The van der Waals surface area contributed by atoms with E-state index in [2.05, 4.69) is 45.7 Å². The Balaban J connectivity index is 2.95. The van der Waals surface area contributed by atoms with Gasteiger partial charge in [0.25, 0.3) is 0 Å². The molecule has 0 radical (unpaired) electrons. The van der Waals surface area contributed by atoms with Crippen LogP contribution in [0.2, 0.25) is 0 Å². The van der Waals surface area contributed by atoms with Gasteiger partial charge in [0, 0.05) is 0 Å². The highest BCUT2D eigenvalue weighted by atomic mass is 79.9. The Bertz CT molecular complexity index is 326. The van der Waals surface area contributed by atoms with E-state index in [1.54, 1.807) is 0 Å². The first kappa shape index (κ1) is 14.0. The summed E-state index contributed by atoms with van der Waals surface area (Å²) in [4.78, 5) is 0. The van der Waals surface area contributed by atoms with E-state index in [1.165, 1.54) is 0 Å². The topological polar surface area (TPSA) is 29.5 Å². The molecule has 0 unspecified atom stereocenters. The van der Waals surface area contributed by atoms with Crippen molar-refractivity contribution in [3.05, 3.63) is 26.6 Å². The van der Waals surface area contributed by atoms with E-state index in [0.29, 0.717) is 0 Å². The molecule has 4 heteroatoms. The minimum atomic E-state index is 0.0302. The lowest BCUT2D eigenvalue weighted by Crippen LogP contribution is -2.14. The van der Waals surface area contributed by atoms with E-state index in [-0.39, 0.29) is 12.7 Å². The fraction of sp³-hybridized carbons (Fsp3) is 0.500. The summed E-state index contributed by atoms with van der Waals surface area (Å²) in [5, 5.41) is 9.07. The van der Waals surface area contributed by atoms with Gasteiger partial charge in [0.15, 0.2) is 0 Å². The first-order valence-electron chi connectivity index (χ1n) is 5.37. The standard InChI is InChI=1S/C12H16Br2O2/c1-3-9(4-2)16-12-10(13)5-8(7-15)6-11(12)14/h5-6,9,15H,3-4,7H2,1-2H3. The second kappa shape index (κ2) is 6.62. The van der Waals surface area contributed by atoms with Gasteiger partial charge in [-0.2, -0.15) is 0 Å². The second-order valence-corrected chi connectivity index (χ2v) is 5.31. The molecule has 0 heterocycles. The number of aliphatic hydroxyl groups is 1. The van der Waals surface area contributed by atoms with Crippen LogP contribution in [-0.4, -0.2) is 11.2 Å². The molecule has 2 nitrogen and oxygen atoms in total. The Morgan fingerprint density at radius 2 is 1.69 bits per heavy atom. The van der Waals surface area contributed by atoms with E-state index in [4.69, 9.17) is 9.84 Å². The zero-order valence-electron chi connectivity index (χ0n) is 9.46. The van der Waals surface area contributed by atoms with Crippen LogP contribution < -0.4 is 4.74 Å². The van der Waals surface area contributed by atoms with Gasteiger partial charge in [-0.1, -0.05) is 13.8 Å². The molecule has 1 rings (SSSR count). The maximum absolute atomic E-state index is 9.07. The van der Waals surface area contributed by atoms with Crippen LogP contribution in [0.4, 0.5) is 0 Å². The lowest BCUT2D eigenvalue weighted by atomic mass is 10.2. The SMILES string of the molecule is CCC(CC)Oc1c(Br)cc(CO)cc1Br. The molecule has 0 aliphatic carbocycles. The normalized spacial score (nSPS) is 10.9. The summed E-state index contributed by atoms with van der Waals surface area (Å²) in [7, 11) is 0. The van der Waals surface area contributed by atoms with Crippen LogP contribution in [0.1, 0.15) is 32.3 Å². The van der Waals surface area contributed by atoms with E-state index in [1.807, 2.05) is 12.1 Å². The fourth-order valence-corrected chi connectivity index (χ4v) is 2.91. The van der Waals surface area contributed by atoms with Crippen LogP contribution in [0, 0.1) is 0 Å². The summed E-state index contributed by atoms with van der Waals surface area (Å²) in [5.41, 5.74) is 0.857. The van der Waals surface area contributed by atoms with Crippen molar-refractivity contribution in [2.45, 2.75) is 39.4 Å². The third kappa shape index (κ3) is 3.47. The van der Waals surface area contributed by atoms with Gasteiger partial charge in [-0.25, -0.2) is 0 Å². The van der Waals surface area contributed by atoms with Crippen molar-refractivity contribution in [3.8, 4) is 5.75 Å². The number of aliphatic hydroxyl groups excluding tert-OH is 1. The third-order valence-corrected chi connectivity index (χ3v) is 3.61. The summed E-state index contributed by atoms with van der Waals surface area (Å²) >= 11 is 6.92. The second-order valence-electron chi connectivity index (χ2n) is 3.60. The van der Waals surface area contributed by atoms with Crippen molar-refractivity contribution in [3.63, 3.8) is 0 Å². The van der Waals surface area contributed by atoms with Gasteiger partial charge in [-0.3, -0.25) is 0 Å². The maximum Gasteiger partial charge on any atom is 0.148 e. The predicted molar refractivity (Wildman–Crippen MR) is 72.8 cm³/mol. The molecule has 0 bridgehead atoms. The van der Waals surface area contributed by atoms with Crippen LogP contribution in [0.3, 0.4) is 0 Å². The van der Waals surface area contributed by atoms with Crippen LogP contribution in [-0.2, 0) is 6.61 Å². The molecule has 0 fully saturated rings. The molecule has 0 atom stereocenters. The Hall–Kier alpha value is -0.0600. The van der Waals surface area contributed by atoms with Crippen molar-refractivity contribution in [1.29, 1.82) is 0 Å². The Morgan fingerprint density at radius 1 is 1.19 bits per heavy atom. The summed E-state index contributed by atoms with van der Waals surface area (Å²) in [6.45, 7) is 4.25. The zero-order valence-corrected chi connectivity index (χ0v) is 12.6. The Kier molecular flexibility index (Phi) is 5.79. The largest absolute Gasteiger partial charge is 0.488 e. The van der Waals surface area contributed by atoms with Gasteiger partial charge in [-0.05, 0) is 62.4 Å². The quantitative estimate of drug-likeness (QED) is 0.858. The molecule has 0 aliphatic rings. The fourth-order valence-electron chi connectivity index (χ4n) is 1.44.